The van der Waals surface area contributed by atoms with Crippen LogP contribution in [0.2, 0.25) is 0 Å². The molecule has 1 saturated heterocycles. The van der Waals surface area contributed by atoms with E-state index in [1.54, 1.807) is 0 Å². The van der Waals surface area contributed by atoms with Gasteiger partial charge in [0.25, 0.3) is 0 Å². The third-order valence-corrected chi connectivity index (χ3v) is 4.92. The normalized spacial score (nSPS) is 24.7. The fraction of sp³-hybridized carbons (Fsp3) is 0.500. The summed E-state index contributed by atoms with van der Waals surface area (Å²) in [7, 11) is 1.37. The number of carbonyl (C=O) groups excluding carboxylic acids is 2. The largest absolute Gasteiger partial charge is 0.469 e. The lowest BCUT2D eigenvalue weighted by Gasteiger charge is -2.19. The molecule has 1 fully saturated rings. The quantitative estimate of drug-likeness (QED) is 0.756. The Labute approximate surface area is 129 Å². The molecular formula is C16H20O4S. The summed E-state index contributed by atoms with van der Waals surface area (Å²) >= 11 is 1.47. The molecule has 1 aliphatic rings. The number of thioether (sulfide) groups is 1. The number of carbonyl (C=O) groups is 2. The van der Waals surface area contributed by atoms with E-state index in [9.17, 15) is 9.59 Å². The first-order valence-corrected chi connectivity index (χ1v) is 8.02. The van der Waals surface area contributed by atoms with Crippen molar-refractivity contribution in [1.29, 1.82) is 0 Å². The SMILES string of the molecule is CCC[C@H]1OC(=O)[C@H](Sc2ccccc2)[C@@H]1CC(=O)OC. The molecule has 2 rings (SSSR count). The van der Waals surface area contributed by atoms with Crippen LogP contribution < -0.4 is 0 Å². The molecule has 4 nitrogen and oxygen atoms in total. The summed E-state index contributed by atoms with van der Waals surface area (Å²) in [5.74, 6) is -0.649. The summed E-state index contributed by atoms with van der Waals surface area (Å²) in [5, 5.41) is -0.344. The molecule has 1 heterocycles. The maximum atomic E-state index is 12.1. The monoisotopic (exact) mass is 308 g/mol. The summed E-state index contributed by atoms with van der Waals surface area (Å²) in [4.78, 5) is 24.8. The number of benzene rings is 1. The number of hydrogen-bond acceptors (Lipinski definition) is 5. The molecule has 1 aromatic carbocycles. The molecule has 1 aromatic rings. The van der Waals surface area contributed by atoms with E-state index < -0.39 is 0 Å². The van der Waals surface area contributed by atoms with Crippen molar-refractivity contribution >= 4 is 23.7 Å². The molecule has 0 amide bonds. The molecule has 0 aliphatic carbocycles. The van der Waals surface area contributed by atoms with E-state index in [4.69, 9.17) is 9.47 Å². The van der Waals surface area contributed by atoms with Crippen LogP contribution in [0.5, 0.6) is 0 Å². The van der Waals surface area contributed by atoms with Crippen molar-refractivity contribution in [3.8, 4) is 0 Å². The Morgan fingerprint density at radius 1 is 1.33 bits per heavy atom. The Hall–Kier alpha value is -1.49. The van der Waals surface area contributed by atoms with Crippen molar-refractivity contribution in [3.63, 3.8) is 0 Å². The highest BCUT2D eigenvalue weighted by Crippen LogP contribution is 2.39. The molecule has 0 aromatic heterocycles. The maximum Gasteiger partial charge on any atom is 0.320 e. The second kappa shape index (κ2) is 7.50. The van der Waals surface area contributed by atoms with Gasteiger partial charge in [0.1, 0.15) is 11.4 Å². The van der Waals surface area contributed by atoms with Gasteiger partial charge in [-0.25, -0.2) is 0 Å². The average Bonchev–Trinajstić information content (AvgIpc) is 2.77. The highest BCUT2D eigenvalue weighted by atomic mass is 32.2. The van der Waals surface area contributed by atoms with Gasteiger partial charge in [0.15, 0.2) is 0 Å². The van der Waals surface area contributed by atoms with Gasteiger partial charge < -0.3 is 9.47 Å². The first kappa shape index (κ1) is 15.9. The maximum absolute atomic E-state index is 12.1. The van der Waals surface area contributed by atoms with Crippen LogP contribution in [0.15, 0.2) is 35.2 Å². The Kier molecular flexibility index (Phi) is 5.67. The Morgan fingerprint density at radius 2 is 2.05 bits per heavy atom. The number of cyclic esters (lactones) is 1. The van der Waals surface area contributed by atoms with E-state index in [0.29, 0.717) is 0 Å². The zero-order valence-electron chi connectivity index (χ0n) is 12.3. The minimum absolute atomic E-state index is 0.130. The predicted molar refractivity (Wildman–Crippen MR) is 81.0 cm³/mol. The fourth-order valence-corrected chi connectivity index (χ4v) is 3.73. The van der Waals surface area contributed by atoms with E-state index in [-0.39, 0.29) is 35.6 Å². The third kappa shape index (κ3) is 4.00. The van der Waals surface area contributed by atoms with E-state index in [2.05, 4.69) is 0 Å². The van der Waals surface area contributed by atoms with Crippen molar-refractivity contribution < 1.29 is 19.1 Å². The van der Waals surface area contributed by atoms with Crippen molar-refractivity contribution in [2.24, 2.45) is 5.92 Å². The summed E-state index contributed by atoms with van der Waals surface area (Å²) in [6, 6.07) is 9.71. The van der Waals surface area contributed by atoms with Gasteiger partial charge in [-0.05, 0) is 18.6 Å². The zero-order chi connectivity index (χ0) is 15.2. The highest BCUT2D eigenvalue weighted by molar-refractivity contribution is 8.00. The van der Waals surface area contributed by atoms with E-state index in [0.717, 1.165) is 17.7 Å². The van der Waals surface area contributed by atoms with Crippen LogP contribution >= 0.6 is 11.8 Å². The van der Waals surface area contributed by atoms with E-state index in [1.165, 1.54) is 18.9 Å². The number of esters is 2. The number of hydrogen-bond donors (Lipinski definition) is 0. The average molecular weight is 308 g/mol. The zero-order valence-corrected chi connectivity index (χ0v) is 13.1. The molecule has 0 radical (unpaired) electrons. The molecule has 21 heavy (non-hydrogen) atoms. The van der Waals surface area contributed by atoms with Gasteiger partial charge in [-0.15, -0.1) is 11.8 Å². The second-order valence-electron chi connectivity index (χ2n) is 5.06. The van der Waals surface area contributed by atoms with Crippen LogP contribution in [0.3, 0.4) is 0 Å². The molecule has 0 spiro atoms. The number of methoxy groups -OCH3 is 1. The molecule has 0 unspecified atom stereocenters. The Bertz CT molecular complexity index is 488. The lowest BCUT2D eigenvalue weighted by molar-refractivity contribution is -0.144. The van der Waals surface area contributed by atoms with Crippen molar-refractivity contribution in [3.05, 3.63) is 30.3 Å². The standard InChI is InChI=1S/C16H20O4S/c1-3-7-13-12(10-14(17)19-2)15(16(18)20-13)21-11-8-5-4-6-9-11/h4-6,8-9,12-13,15H,3,7,10H2,1-2H3/t12-,13-,15-/m1/s1. The van der Waals surface area contributed by atoms with Crippen LogP contribution in [0, 0.1) is 5.92 Å². The van der Waals surface area contributed by atoms with Gasteiger partial charge in [0.05, 0.1) is 13.5 Å². The molecule has 3 atom stereocenters. The summed E-state index contributed by atoms with van der Waals surface area (Å²) in [5.41, 5.74) is 0. The van der Waals surface area contributed by atoms with Gasteiger partial charge in [-0.2, -0.15) is 0 Å². The molecule has 5 heteroatoms. The molecule has 1 aliphatic heterocycles. The van der Waals surface area contributed by atoms with Crippen LogP contribution in [0.25, 0.3) is 0 Å². The summed E-state index contributed by atoms with van der Waals surface area (Å²) < 4.78 is 10.2. The Balaban J connectivity index is 2.14. The third-order valence-electron chi connectivity index (χ3n) is 3.58. The number of ether oxygens (including phenoxy) is 2. The minimum Gasteiger partial charge on any atom is -0.469 e. The first-order chi connectivity index (χ1) is 10.2. The second-order valence-corrected chi connectivity index (χ2v) is 6.27. The molecule has 114 valence electrons. The summed E-state index contributed by atoms with van der Waals surface area (Å²) in [6.07, 6.45) is 1.72. The van der Waals surface area contributed by atoms with Gasteiger partial charge in [-0.1, -0.05) is 31.5 Å². The molecule has 0 N–H and O–H groups in total. The Morgan fingerprint density at radius 3 is 2.67 bits per heavy atom. The minimum atomic E-state index is -0.344. The molecule has 0 saturated carbocycles. The van der Waals surface area contributed by atoms with Crippen LogP contribution in [0.1, 0.15) is 26.2 Å². The smallest absolute Gasteiger partial charge is 0.320 e. The van der Waals surface area contributed by atoms with Gasteiger partial charge >= 0.3 is 11.9 Å². The van der Waals surface area contributed by atoms with Crippen molar-refractivity contribution in [2.45, 2.75) is 42.4 Å². The lowest BCUT2D eigenvalue weighted by Crippen LogP contribution is -2.26. The topological polar surface area (TPSA) is 52.6 Å². The van der Waals surface area contributed by atoms with Crippen LogP contribution in [-0.4, -0.2) is 30.4 Å². The summed E-state index contributed by atoms with van der Waals surface area (Å²) in [6.45, 7) is 2.04. The van der Waals surface area contributed by atoms with Gasteiger partial charge in [0, 0.05) is 10.8 Å². The van der Waals surface area contributed by atoms with Gasteiger partial charge in [-0.3, -0.25) is 9.59 Å². The predicted octanol–water partition coefficient (Wildman–Crippen LogP) is 3.05. The highest BCUT2D eigenvalue weighted by Gasteiger charge is 2.45. The number of rotatable bonds is 6. The van der Waals surface area contributed by atoms with Crippen LogP contribution in [0.4, 0.5) is 0 Å². The van der Waals surface area contributed by atoms with Crippen molar-refractivity contribution in [2.75, 3.05) is 7.11 Å². The molecular weight excluding hydrogens is 288 g/mol. The van der Waals surface area contributed by atoms with Gasteiger partial charge in [0.2, 0.25) is 0 Å². The van der Waals surface area contributed by atoms with E-state index >= 15 is 0 Å². The molecule has 0 bridgehead atoms. The van der Waals surface area contributed by atoms with Crippen molar-refractivity contribution in [1.82, 2.24) is 0 Å². The van der Waals surface area contributed by atoms with Crippen LogP contribution in [-0.2, 0) is 19.1 Å². The van der Waals surface area contributed by atoms with E-state index in [1.807, 2.05) is 37.3 Å². The fourth-order valence-electron chi connectivity index (χ4n) is 2.53. The lowest BCUT2D eigenvalue weighted by atomic mass is 9.94. The first-order valence-electron chi connectivity index (χ1n) is 7.14.